The molecular formula is C17H21ClN2S. The number of hydrogen-bond donors (Lipinski definition) is 0. The molecule has 0 aliphatic heterocycles. The van der Waals surface area contributed by atoms with Crippen molar-refractivity contribution in [3.63, 3.8) is 0 Å². The van der Waals surface area contributed by atoms with E-state index >= 15 is 0 Å². The van der Waals surface area contributed by atoms with Crippen molar-refractivity contribution in [3.8, 4) is 0 Å². The molecule has 1 aromatic heterocycles. The summed E-state index contributed by atoms with van der Waals surface area (Å²) >= 11 is 7.77. The molecule has 1 heterocycles. The number of benzene rings is 1. The lowest BCUT2D eigenvalue weighted by Gasteiger charge is -2.22. The zero-order valence-corrected chi connectivity index (χ0v) is 14.0. The van der Waals surface area contributed by atoms with E-state index in [1.54, 1.807) is 11.3 Å². The molecular weight excluding hydrogens is 300 g/mol. The van der Waals surface area contributed by atoms with Gasteiger partial charge in [0.2, 0.25) is 0 Å². The Morgan fingerprint density at radius 3 is 2.86 bits per heavy atom. The van der Waals surface area contributed by atoms with Gasteiger partial charge in [0.1, 0.15) is 0 Å². The van der Waals surface area contributed by atoms with Crippen LogP contribution < -0.4 is 4.80 Å². The summed E-state index contributed by atoms with van der Waals surface area (Å²) in [6, 6.07) is 7.76. The van der Waals surface area contributed by atoms with E-state index in [0.717, 1.165) is 28.0 Å². The molecule has 21 heavy (non-hydrogen) atoms. The van der Waals surface area contributed by atoms with Crippen LogP contribution >= 0.6 is 22.9 Å². The molecule has 0 N–H and O–H groups in total. The van der Waals surface area contributed by atoms with E-state index < -0.39 is 0 Å². The number of hydrogen-bond acceptors (Lipinski definition) is 2. The van der Waals surface area contributed by atoms with Gasteiger partial charge in [0.05, 0.1) is 5.69 Å². The van der Waals surface area contributed by atoms with Crippen molar-refractivity contribution < 1.29 is 0 Å². The van der Waals surface area contributed by atoms with Gasteiger partial charge in [-0.2, -0.15) is 0 Å². The second kappa shape index (κ2) is 6.80. The summed E-state index contributed by atoms with van der Waals surface area (Å²) in [5.41, 5.74) is 2.24. The Kier molecular flexibility index (Phi) is 4.81. The van der Waals surface area contributed by atoms with E-state index in [0.29, 0.717) is 0 Å². The van der Waals surface area contributed by atoms with Gasteiger partial charge < -0.3 is 4.57 Å². The van der Waals surface area contributed by atoms with Gasteiger partial charge >= 0.3 is 0 Å². The van der Waals surface area contributed by atoms with Crippen LogP contribution in [0.25, 0.3) is 0 Å². The average Bonchev–Trinajstić information content (AvgIpc) is 2.81. The first-order valence-corrected chi connectivity index (χ1v) is 8.93. The quantitative estimate of drug-likeness (QED) is 0.728. The second-order valence-electron chi connectivity index (χ2n) is 5.87. The van der Waals surface area contributed by atoms with E-state index in [1.165, 1.54) is 37.8 Å². The normalized spacial score (nSPS) is 17.3. The number of rotatable bonds is 3. The van der Waals surface area contributed by atoms with Crippen molar-refractivity contribution in [3.05, 3.63) is 45.2 Å². The first-order valence-electron chi connectivity index (χ1n) is 7.67. The molecule has 1 fully saturated rings. The maximum Gasteiger partial charge on any atom is 0.190 e. The zero-order chi connectivity index (χ0) is 14.7. The van der Waals surface area contributed by atoms with Gasteiger partial charge in [0.15, 0.2) is 4.80 Å². The molecule has 3 rings (SSSR count). The average molecular weight is 321 g/mol. The SMILES string of the molecule is Cc1csc(=Nc2cccc(Cl)c2)n1CC1CCCCC1. The fourth-order valence-corrected chi connectivity index (χ4v) is 4.10. The smallest absolute Gasteiger partial charge is 0.190 e. The maximum absolute atomic E-state index is 6.05. The van der Waals surface area contributed by atoms with Crippen molar-refractivity contribution in [1.29, 1.82) is 0 Å². The van der Waals surface area contributed by atoms with Gasteiger partial charge in [-0.1, -0.05) is 36.9 Å². The number of aryl methyl sites for hydroxylation is 1. The third-order valence-electron chi connectivity index (χ3n) is 4.19. The number of nitrogens with zero attached hydrogens (tertiary/aromatic N) is 2. The van der Waals surface area contributed by atoms with Crippen LogP contribution in [0.2, 0.25) is 5.02 Å². The molecule has 1 aromatic carbocycles. The predicted octanol–water partition coefficient (Wildman–Crippen LogP) is 5.32. The second-order valence-corrected chi connectivity index (χ2v) is 7.14. The van der Waals surface area contributed by atoms with Gasteiger partial charge in [-0.25, -0.2) is 4.99 Å². The molecule has 0 saturated heterocycles. The Hall–Kier alpha value is -1.06. The van der Waals surface area contributed by atoms with Crippen molar-refractivity contribution in [2.45, 2.75) is 45.6 Å². The fourth-order valence-electron chi connectivity index (χ4n) is 3.01. The van der Waals surface area contributed by atoms with Crippen LogP contribution in [-0.4, -0.2) is 4.57 Å². The van der Waals surface area contributed by atoms with E-state index in [-0.39, 0.29) is 0 Å². The number of aromatic nitrogens is 1. The van der Waals surface area contributed by atoms with Crippen LogP contribution in [0.15, 0.2) is 34.6 Å². The summed E-state index contributed by atoms with van der Waals surface area (Å²) in [6.45, 7) is 3.28. The summed E-state index contributed by atoms with van der Waals surface area (Å²) in [7, 11) is 0. The minimum atomic E-state index is 0.739. The first kappa shape index (κ1) is 14.9. The van der Waals surface area contributed by atoms with Crippen LogP contribution in [0.4, 0.5) is 5.69 Å². The Labute approximate surface area is 135 Å². The van der Waals surface area contributed by atoms with Gasteiger partial charge in [-0.05, 0) is 43.9 Å². The first-order chi connectivity index (χ1) is 10.2. The largest absolute Gasteiger partial charge is 0.321 e. The molecule has 1 aliphatic rings. The number of halogens is 1. The minimum absolute atomic E-state index is 0.739. The third kappa shape index (κ3) is 3.78. The Bertz CT molecular complexity index is 665. The monoisotopic (exact) mass is 320 g/mol. The van der Waals surface area contributed by atoms with Crippen LogP contribution in [0.5, 0.6) is 0 Å². The van der Waals surface area contributed by atoms with Gasteiger partial charge in [-0.15, -0.1) is 11.3 Å². The highest BCUT2D eigenvalue weighted by molar-refractivity contribution is 7.07. The molecule has 0 bridgehead atoms. The standard InChI is InChI=1S/C17H21ClN2S/c1-13-12-21-17(19-16-9-5-8-15(18)10-16)20(13)11-14-6-3-2-4-7-14/h5,8-10,12,14H,2-4,6-7,11H2,1H3. The summed E-state index contributed by atoms with van der Waals surface area (Å²) in [5, 5.41) is 2.94. The van der Waals surface area contributed by atoms with Gasteiger partial charge in [0.25, 0.3) is 0 Å². The lowest BCUT2D eigenvalue weighted by Crippen LogP contribution is -2.22. The summed E-state index contributed by atoms with van der Waals surface area (Å²) in [5.74, 6) is 0.811. The molecule has 0 amide bonds. The topological polar surface area (TPSA) is 17.3 Å². The van der Waals surface area contributed by atoms with Crippen LogP contribution in [0, 0.1) is 12.8 Å². The van der Waals surface area contributed by atoms with E-state index in [2.05, 4.69) is 16.9 Å². The number of thiazole rings is 1. The molecule has 0 radical (unpaired) electrons. The van der Waals surface area contributed by atoms with Crippen molar-refractivity contribution in [2.75, 3.05) is 0 Å². The predicted molar refractivity (Wildman–Crippen MR) is 90.3 cm³/mol. The Morgan fingerprint density at radius 1 is 1.29 bits per heavy atom. The molecule has 1 saturated carbocycles. The molecule has 1 aliphatic carbocycles. The van der Waals surface area contributed by atoms with Crippen molar-refractivity contribution in [2.24, 2.45) is 10.9 Å². The van der Waals surface area contributed by atoms with Gasteiger partial charge in [-0.3, -0.25) is 0 Å². The summed E-state index contributed by atoms with van der Waals surface area (Å²) in [6.07, 6.45) is 6.89. The minimum Gasteiger partial charge on any atom is -0.321 e. The molecule has 112 valence electrons. The fraction of sp³-hybridized carbons (Fsp3) is 0.471. The third-order valence-corrected chi connectivity index (χ3v) is 5.41. The Morgan fingerprint density at radius 2 is 2.10 bits per heavy atom. The molecule has 0 atom stereocenters. The molecule has 0 spiro atoms. The van der Waals surface area contributed by atoms with Crippen molar-refractivity contribution in [1.82, 2.24) is 4.57 Å². The molecule has 2 nitrogen and oxygen atoms in total. The van der Waals surface area contributed by atoms with Crippen LogP contribution in [-0.2, 0) is 6.54 Å². The van der Waals surface area contributed by atoms with Crippen molar-refractivity contribution >= 4 is 28.6 Å². The van der Waals surface area contributed by atoms with Crippen LogP contribution in [0.1, 0.15) is 37.8 Å². The highest BCUT2D eigenvalue weighted by Crippen LogP contribution is 2.25. The molecule has 4 heteroatoms. The van der Waals surface area contributed by atoms with Gasteiger partial charge in [0, 0.05) is 22.6 Å². The molecule has 2 aromatic rings. The van der Waals surface area contributed by atoms with Crippen LogP contribution in [0.3, 0.4) is 0 Å². The highest BCUT2D eigenvalue weighted by atomic mass is 35.5. The van der Waals surface area contributed by atoms with E-state index in [4.69, 9.17) is 16.6 Å². The maximum atomic E-state index is 6.05. The zero-order valence-electron chi connectivity index (χ0n) is 12.4. The lowest BCUT2D eigenvalue weighted by atomic mass is 9.89. The molecule has 0 unspecified atom stereocenters. The Balaban J connectivity index is 1.89. The van der Waals surface area contributed by atoms with E-state index in [9.17, 15) is 0 Å². The lowest BCUT2D eigenvalue weighted by molar-refractivity contribution is 0.315. The van der Waals surface area contributed by atoms with E-state index in [1.807, 2.05) is 24.3 Å². The summed E-state index contributed by atoms with van der Waals surface area (Å²) in [4.78, 5) is 5.87. The highest BCUT2D eigenvalue weighted by Gasteiger charge is 2.15. The summed E-state index contributed by atoms with van der Waals surface area (Å²) < 4.78 is 2.38.